The van der Waals surface area contributed by atoms with Crippen LogP contribution in [-0.2, 0) is 21.2 Å². The van der Waals surface area contributed by atoms with E-state index in [2.05, 4.69) is 34.9 Å². The lowest BCUT2D eigenvalue weighted by Crippen LogP contribution is -2.33. The van der Waals surface area contributed by atoms with Gasteiger partial charge in [-0.05, 0) is 12.8 Å². The van der Waals surface area contributed by atoms with E-state index in [0.717, 1.165) is 19.3 Å². The average Bonchev–Trinajstić information content (AvgIpc) is 3.23. The number of aromatic nitrogens is 7. The molecule has 1 fully saturated rings. The third-order valence-corrected chi connectivity index (χ3v) is 7.98. The van der Waals surface area contributed by atoms with Crippen molar-refractivity contribution in [3.8, 4) is 17.4 Å². The highest BCUT2D eigenvalue weighted by atomic mass is 35.5. The molecule has 0 bridgehead atoms. The minimum absolute atomic E-state index is 0.0607. The number of nitrogens with zero attached hydrogens (tertiary/aromatic N) is 7. The summed E-state index contributed by atoms with van der Waals surface area (Å²) in [5, 5.41) is 7.66. The monoisotopic (exact) mass is 538 g/mol. The van der Waals surface area contributed by atoms with Gasteiger partial charge in [0.15, 0.2) is 11.5 Å². The molecule has 1 aliphatic rings. The molecule has 0 radical (unpaired) electrons. The van der Waals surface area contributed by atoms with Crippen LogP contribution in [0.15, 0.2) is 18.7 Å². The van der Waals surface area contributed by atoms with Crippen LogP contribution >= 0.6 is 11.6 Å². The Balaban J connectivity index is 1.74. The van der Waals surface area contributed by atoms with Gasteiger partial charge in [0.05, 0.1) is 19.2 Å². The molecule has 0 amide bonds. The largest absolute Gasteiger partial charge is 0.479 e. The molecule has 0 aromatic carbocycles. The molecule has 36 heavy (non-hydrogen) atoms. The lowest BCUT2D eigenvalue weighted by atomic mass is 9.83. The zero-order valence-electron chi connectivity index (χ0n) is 20.3. The summed E-state index contributed by atoms with van der Waals surface area (Å²) < 4.78 is 47.4. The molecule has 3 aromatic heterocycles. The fourth-order valence-electron chi connectivity index (χ4n) is 3.90. The summed E-state index contributed by atoms with van der Waals surface area (Å²) in [6.07, 6.45) is 6.91. The van der Waals surface area contributed by atoms with Crippen molar-refractivity contribution in [2.24, 2.45) is 5.92 Å². The Morgan fingerprint density at radius 3 is 2.25 bits per heavy atom. The lowest BCUT2D eigenvalue weighted by Gasteiger charge is -2.25. The predicted octanol–water partition coefficient (Wildman–Crippen LogP) is 2.38. The number of sulfonamides is 1. The van der Waals surface area contributed by atoms with E-state index >= 15 is 0 Å². The molecule has 2 unspecified atom stereocenters. The Hall–Kier alpha value is -3.10. The van der Waals surface area contributed by atoms with E-state index in [1.807, 2.05) is 0 Å². The maximum atomic E-state index is 13.5. The van der Waals surface area contributed by atoms with Gasteiger partial charge >= 0.3 is 0 Å². The lowest BCUT2D eigenvalue weighted by molar-refractivity contribution is 0.0950. The van der Waals surface area contributed by atoms with Crippen LogP contribution in [0.3, 0.4) is 0 Å². The van der Waals surface area contributed by atoms with E-state index in [0.29, 0.717) is 23.2 Å². The van der Waals surface area contributed by atoms with Crippen LogP contribution in [-0.4, -0.2) is 69.7 Å². The molecule has 194 valence electrons. The van der Waals surface area contributed by atoms with Crippen molar-refractivity contribution in [1.82, 2.24) is 34.7 Å². The topological polar surface area (TPSA) is 156 Å². The van der Waals surface area contributed by atoms with Gasteiger partial charge in [0.2, 0.25) is 27.7 Å². The minimum Gasteiger partial charge on any atom is -0.479 e. The molecule has 0 aliphatic heterocycles. The Bertz CT molecular complexity index is 1280. The molecule has 3 heterocycles. The van der Waals surface area contributed by atoms with Crippen LogP contribution in [0.4, 0.5) is 5.95 Å². The highest BCUT2D eigenvalue weighted by Crippen LogP contribution is 2.36. The molecule has 0 spiro atoms. The van der Waals surface area contributed by atoms with Crippen LogP contribution in [0.5, 0.6) is 11.8 Å². The summed E-state index contributed by atoms with van der Waals surface area (Å²) in [4.78, 5) is 16.5. The van der Waals surface area contributed by atoms with Crippen molar-refractivity contribution in [3.63, 3.8) is 0 Å². The Morgan fingerprint density at radius 2 is 1.72 bits per heavy atom. The second kappa shape index (κ2) is 10.9. The smallest absolute Gasteiger partial charge is 0.245 e. The molecule has 1 saturated carbocycles. The summed E-state index contributed by atoms with van der Waals surface area (Å²) in [5.74, 6) is 1.41. The number of ether oxygens (including phenoxy) is 3. The van der Waals surface area contributed by atoms with Crippen molar-refractivity contribution in [3.05, 3.63) is 35.4 Å². The summed E-state index contributed by atoms with van der Waals surface area (Å²) in [7, 11) is 0.181. The van der Waals surface area contributed by atoms with Gasteiger partial charge in [-0.15, -0.1) is 10.2 Å². The van der Waals surface area contributed by atoms with E-state index in [-0.39, 0.29) is 29.2 Å². The van der Waals surface area contributed by atoms with Gasteiger partial charge < -0.3 is 14.2 Å². The van der Waals surface area contributed by atoms with Gasteiger partial charge in [-0.25, -0.2) is 18.4 Å². The van der Waals surface area contributed by atoms with Gasteiger partial charge in [-0.2, -0.15) is 9.97 Å². The van der Waals surface area contributed by atoms with Crippen LogP contribution in [0.25, 0.3) is 5.69 Å². The molecule has 13 nitrogen and oxygen atoms in total. The normalized spacial score (nSPS) is 15.7. The minimum atomic E-state index is -4.09. The molecule has 4 rings (SSSR count). The highest BCUT2D eigenvalue weighted by molar-refractivity contribution is 7.93. The SMILES string of the molecule is COc1ncnc(OC)c1-n1c(CC2CCC2)nnc1NS(=O)(=O)C(C)C(OC)c1ncc(Cl)cn1. The molecule has 15 heteroatoms. The number of methoxy groups -OCH3 is 3. The molecule has 0 saturated heterocycles. The Labute approximate surface area is 213 Å². The maximum Gasteiger partial charge on any atom is 0.245 e. The first kappa shape index (κ1) is 26.0. The standard InChI is InChI=1S/C21H27ClN8O5S/c1-12(17(33-2)18-23-9-14(22)10-24-18)36(31,32)29-21-28-27-15(8-13-6-5-7-13)30(21)16-19(34-3)25-11-26-20(16)35-4/h9-13,17H,5-8H2,1-4H3,(H,28,29). The highest BCUT2D eigenvalue weighted by Gasteiger charge is 2.35. The Kier molecular flexibility index (Phi) is 7.85. The molecular weight excluding hydrogens is 512 g/mol. The summed E-state index contributed by atoms with van der Waals surface area (Å²) in [5.41, 5.74) is 0.288. The Morgan fingerprint density at radius 1 is 1.08 bits per heavy atom. The van der Waals surface area contributed by atoms with Crippen LogP contribution in [0.2, 0.25) is 5.02 Å². The zero-order valence-corrected chi connectivity index (χ0v) is 21.8. The van der Waals surface area contributed by atoms with Crippen LogP contribution < -0.4 is 14.2 Å². The number of hydrogen-bond acceptors (Lipinski definition) is 11. The van der Waals surface area contributed by atoms with E-state index in [4.69, 9.17) is 25.8 Å². The van der Waals surface area contributed by atoms with Crippen molar-refractivity contribution in [2.45, 2.75) is 44.0 Å². The van der Waals surface area contributed by atoms with E-state index < -0.39 is 21.4 Å². The van der Waals surface area contributed by atoms with E-state index in [1.165, 1.54) is 51.5 Å². The average molecular weight is 539 g/mol. The molecule has 1 N–H and O–H groups in total. The number of nitrogens with one attached hydrogen (secondary N) is 1. The van der Waals surface area contributed by atoms with E-state index in [9.17, 15) is 8.42 Å². The predicted molar refractivity (Wildman–Crippen MR) is 130 cm³/mol. The van der Waals surface area contributed by atoms with Crippen LogP contribution in [0.1, 0.15) is 43.9 Å². The molecule has 2 atom stereocenters. The van der Waals surface area contributed by atoms with Gasteiger partial charge in [-0.1, -0.05) is 30.9 Å². The maximum absolute atomic E-state index is 13.5. The molecule has 1 aliphatic carbocycles. The summed E-state index contributed by atoms with van der Waals surface area (Å²) >= 11 is 5.87. The molecular formula is C21H27ClN8O5S. The van der Waals surface area contributed by atoms with Crippen molar-refractivity contribution >= 4 is 27.6 Å². The summed E-state index contributed by atoms with van der Waals surface area (Å²) in [6.45, 7) is 1.48. The number of rotatable bonds is 11. The van der Waals surface area contributed by atoms with Gasteiger partial charge in [0.1, 0.15) is 23.5 Å². The second-order valence-corrected chi connectivity index (χ2v) is 10.8. The van der Waals surface area contributed by atoms with E-state index in [1.54, 1.807) is 0 Å². The zero-order chi connectivity index (χ0) is 25.9. The quantitative estimate of drug-likeness (QED) is 0.382. The van der Waals surface area contributed by atoms with Crippen molar-refractivity contribution < 1.29 is 22.6 Å². The molecule has 3 aromatic rings. The first-order valence-electron chi connectivity index (χ1n) is 11.2. The number of hydrogen-bond donors (Lipinski definition) is 1. The summed E-state index contributed by atoms with van der Waals surface area (Å²) in [6, 6.07) is 0. The van der Waals surface area contributed by atoms with Crippen LogP contribution in [0, 0.1) is 5.92 Å². The fourth-order valence-corrected chi connectivity index (χ4v) is 5.13. The number of anilines is 1. The number of halogens is 1. The van der Waals surface area contributed by atoms with Gasteiger partial charge in [0.25, 0.3) is 0 Å². The first-order chi connectivity index (χ1) is 17.3. The van der Waals surface area contributed by atoms with Gasteiger partial charge in [0, 0.05) is 25.9 Å². The second-order valence-electron chi connectivity index (χ2n) is 8.29. The first-order valence-corrected chi connectivity index (χ1v) is 13.1. The third kappa shape index (κ3) is 5.20. The van der Waals surface area contributed by atoms with Crippen molar-refractivity contribution in [2.75, 3.05) is 26.1 Å². The fraction of sp³-hybridized carbons (Fsp3) is 0.524. The van der Waals surface area contributed by atoms with Crippen molar-refractivity contribution in [1.29, 1.82) is 0 Å². The third-order valence-electron chi connectivity index (χ3n) is 6.09. The van der Waals surface area contributed by atoms with Gasteiger partial charge in [-0.3, -0.25) is 9.29 Å².